The van der Waals surface area contributed by atoms with Crippen molar-refractivity contribution in [3.8, 4) is 0 Å². The first-order valence-corrected chi connectivity index (χ1v) is 6.90. The van der Waals surface area contributed by atoms with Crippen LogP contribution >= 0.6 is 0 Å². The highest BCUT2D eigenvalue weighted by molar-refractivity contribution is 5.15. The maximum atomic E-state index is 9.37. The molecule has 17 heavy (non-hydrogen) atoms. The molecule has 1 saturated carbocycles. The number of aryl methyl sites for hydroxylation is 1. The molecule has 1 N–H and O–H groups in total. The highest BCUT2D eigenvalue weighted by atomic mass is 16.3. The molecule has 1 heterocycles. The lowest BCUT2D eigenvalue weighted by molar-refractivity contribution is 0.273. The summed E-state index contributed by atoms with van der Waals surface area (Å²) in [7, 11) is 0. The lowest BCUT2D eigenvalue weighted by Crippen LogP contribution is -2.14. The number of unbranched alkanes of at least 4 members (excludes halogenated alkanes) is 1. The van der Waals surface area contributed by atoms with Gasteiger partial charge in [0.15, 0.2) is 0 Å². The minimum atomic E-state index is 0.0258. The Morgan fingerprint density at radius 3 is 2.71 bits per heavy atom. The fourth-order valence-corrected chi connectivity index (χ4v) is 2.76. The zero-order valence-corrected chi connectivity index (χ0v) is 10.7. The van der Waals surface area contributed by atoms with Gasteiger partial charge < -0.3 is 5.11 Å². The van der Waals surface area contributed by atoms with Crippen LogP contribution in [0.4, 0.5) is 0 Å². The van der Waals surface area contributed by atoms with Gasteiger partial charge in [0, 0.05) is 12.5 Å². The minimum absolute atomic E-state index is 0.0258. The van der Waals surface area contributed by atoms with Gasteiger partial charge in [0.25, 0.3) is 0 Å². The van der Waals surface area contributed by atoms with E-state index in [1.165, 1.54) is 44.2 Å². The average molecular weight is 237 g/mol. The van der Waals surface area contributed by atoms with Crippen LogP contribution in [-0.2, 0) is 13.2 Å². The van der Waals surface area contributed by atoms with E-state index in [0.717, 1.165) is 18.7 Å². The van der Waals surface area contributed by atoms with Crippen molar-refractivity contribution >= 4 is 0 Å². The molecule has 0 aromatic carbocycles. The van der Waals surface area contributed by atoms with E-state index in [1.807, 2.05) is 4.68 Å². The molecule has 1 aliphatic rings. The molecule has 0 amide bonds. The molecular formula is C13H23N3O. The predicted octanol–water partition coefficient (Wildman–Crippen LogP) is 2.62. The molecule has 0 spiro atoms. The molecule has 1 fully saturated rings. The van der Waals surface area contributed by atoms with E-state index in [9.17, 15) is 5.11 Å². The van der Waals surface area contributed by atoms with Crippen LogP contribution in [0.3, 0.4) is 0 Å². The summed E-state index contributed by atoms with van der Waals surface area (Å²) in [5.74, 6) is 0.567. The Morgan fingerprint density at radius 1 is 1.29 bits per heavy atom. The van der Waals surface area contributed by atoms with Crippen molar-refractivity contribution in [2.75, 3.05) is 0 Å². The van der Waals surface area contributed by atoms with E-state index in [1.54, 1.807) is 0 Å². The Kier molecular flexibility index (Phi) is 4.54. The van der Waals surface area contributed by atoms with Crippen LogP contribution in [0, 0.1) is 0 Å². The standard InChI is InChI=1S/C13H23N3O/c1-2-3-9-16-13(12(10-17)14-15-16)11-7-5-4-6-8-11/h11,17H,2-10H2,1H3. The summed E-state index contributed by atoms with van der Waals surface area (Å²) in [6.45, 7) is 3.15. The third-order valence-corrected chi connectivity index (χ3v) is 3.71. The number of hydrogen-bond acceptors (Lipinski definition) is 3. The SMILES string of the molecule is CCCCn1nnc(CO)c1C1CCCCC1. The molecule has 2 rings (SSSR count). The second-order valence-electron chi connectivity index (χ2n) is 4.99. The molecule has 0 unspecified atom stereocenters. The van der Waals surface area contributed by atoms with E-state index in [4.69, 9.17) is 0 Å². The number of aliphatic hydroxyl groups excluding tert-OH is 1. The molecule has 4 nitrogen and oxygen atoms in total. The van der Waals surface area contributed by atoms with Crippen LogP contribution < -0.4 is 0 Å². The van der Waals surface area contributed by atoms with E-state index >= 15 is 0 Å². The first-order valence-electron chi connectivity index (χ1n) is 6.90. The van der Waals surface area contributed by atoms with Crippen molar-refractivity contribution < 1.29 is 5.11 Å². The number of aromatic nitrogens is 3. The Balaban J connectivity index is 2.17. The predicted molar refractivity (Wildman–Crippen MR) is 66.7 cm³/mol. The molecule has 1 aliphatic carbocycles. The summed E-state index contributed by atoms with van der Waals surface area (Å²) in [5.41, 5.74) is 2.01. The van der Waals surface area contributed by atoms with E-state index < -0.39 is 0 Å². The quantitative estimate of drug-likeness (QED) is 0.856. The highest BCUT2D eigenvalue weighted by Crippen LogP contribution is 2.33. The summed E-state index contributed by atoms with van der Waals surface area (Å²) in [5, 5.41) is 17.7. The van der Waals surface area contributed by atoms with Gasteiger partial charge in [-0.3, -0.25) is 0 Å². The van der Waals surface area contributed by atoms with Crippen LogP contribution in [0.5, 0.6) is 0 Å². The number of rotatable bonds is 5. The Bertz CT molecular complexity index is 342. The molecule has 96 valence electrons. The number of aliphatic hydroxyl groups is 1. The monoisotopic (exact) mass is 237 g/mol. The van der Waals surface area contributed by atoms with Crippen molar-refractivity contribution in [3.63, 3.8) is 0 Å². The van der Waals surface area contributed by atoms with Crippen LogP contribution in [0.2, 0.25) is 0 Å². The topological polar surface area (TPSA) is 50.9 Å². The first kappa shape index (κ1) is 12.6. The first-order chi connectivity index (χ1) is 8.36. The smallest absolute Gasteiger partial charge is 0.112 e. The number of hydrogen-bond donors (Lipinski definition) is 1. The van der Waals surface area contributed by atoms with E-state index in [-0.39, 0.29) is 6.61 Å². The third-order valence-electron chi connectivity index (χ3n) is 3.71. The van der Waals surface area contributed by atoms with Gasteiger partial charge in [0.05, 0.1) is 12.3 Å². The Morgan fingerprint density at radius 2 is 2.06 bits per heavy atom. The molecule has 0 atom stereocenters. The largest absolute Gasteiger partial charge is 0.390 e. The molecule has 0 saturated heterocycles. The molecule has 0 aliphatic heterocycles. The summed E-state index contributed by atoms with van der Waals surface area (Å²) < 4.78 is 2.03. The zero-order valence-electron chi connectivity index (χ0n) is 10.7. The summed E-state index contributed by atoms with van der Waals surface area (Å²) in [4.78, 5) is 0. The van der Waals surface area contributed by atoms with Crippen molar-refractivity contribution in [2.45, 2.75) is 70.9 Å². The van der Waals surface area contributed by atoms with Crippen LogP contribution in [0.25, 0.3) is 0 Å². The number of nitrogens with zero attached hydrogens (tertiary/aromatic N) is 3. The Labute approximate surface area is 103 Å². The van der Waals surface area contributed by atoms with Gasteiger partial charge in [-0.1, -0.05) is 37.8 Å². The lowest BCUT2D eigenvalue weighted by atomic mass is 9.86. The van der Waals surface area contributed by atoms with Gasteiger partial charge in [-0.2, -0.15) is 0 Å². The van der Waals surface area contributed by atoms with Crippen LogP contribution in [-0.4, -0.2) is 20.1 Å². The average Bonchev–Trinajstić information content (AvgIpc) is 2.80. The summed E-state index contributed by atoms with van der Waals surface area (Å²) in [6, 6.07) is 0. The van der Waals surface area contributed by atoms with E-state index in [2.05, 4.69) is 17.2 Å². The maximum absolute atomic E-state index is 9.37. The second-order valence-corrected chi connectivity index (χ2v) is 4.99. The van der Waals surface area contributed by atoms with E-state index in [0.29, 0.717) is 5.92 Å². The van der Waals surface area contributed by atoms with Crippen molar-refractivity contribution in [1.82, 2.24) is 15.0 Å². The van der Waals surface area contributed by atoms with Crippen molar-refractivity contribution in [1.29, 1.82) is 0 Å². The lowest BCUT2D eigenvalue weighted by Gasteiger charge is -2.23. The van der Waals surface area contributed by atoms with Gasteiger partial charge in [-0.25, -0.2) is 4.68 Å². The molecular weight excluding hydrogens is 214 g/mol. The fourth-order valence-electron chi connectivity index (χ4n) is 2.76. The van der Waals surface area contributed by atoms with Gasteiger partial charge >= 0.3 is 0 Å². The van der Waals surface area contributed by atoms with Crippen LogP contribution in [0.1, 0.15) is 69.2 Å². The van der Waals surface area contributed by atoms with Gasteiger partial charge in [0.1, 0.15) is 5.69 Å². The van der Waals surface area contributed by atoms with Crippen molar-refractivity contribution in [3.05, 3.63) is 11.4 Å². The normalized spacial score (nSPS) is 17.5. The fraction of sp³-hybridized carbons (Fsp3) is 0.846. The molecule has 0 bridgehead atoms. The molecule has 1 aromatic heterocycles. The maximum Gasteiger partial charge on any atom is 0.112 e. The van der Waals surface area contributed by atoms with Gasteiger partial charge in [0.2, 0.25) is 0 Å². The van der Waals surface area contributed by atoms with Gasteiger partial charge in [-0.05, 0) is 19.3 Å². The summed E-state index contributed by atoms with van der Waals surface area (Å²) >= 11 is 0. The molecule has 0 radical (unpaired) electrons. The molecule has 4 heteroatoms. The highest BCUT2D eigenvalue weighted by Gasteiger charge is 2.23. The van der Waals surface area contributed by atoms with Crippen molar-refractivity contribution in [2.24, 2.45) is 0 Å². The van der Waals surface area contributed by atoms with Crippen LogP contribution in [0.15, 0.2) is 0 Å². The zero-order chi connectivity index (χ0) is 12.1. The summed E-state index contributed by atoms with van der Waals surface area (Å²) in [6.07, 6.45) is 8.70. The minimum Gasteiger partial charge on any atom is -0.390 e. The van der Waals surface area contributed by atoms with Gasteiger partial charge in [-0.15, -0.1) is 5.10 Å². The third kappa shape index (κ3) is 2.86. The Hall–Kier alpha value is -0.900. The second kappa shape index (κ2) is 6.15. The molecule has 1 aromatic rings.